The summed E-state index contributed by atoms with van der Waals surface area (Å²) in [5, 5.41) is 16.4. The number of hydrogen-bond donors (Lipinski definition) is 2. The normalized spacial score (nSPS) is 14.7. The third kappa shape index (κ3) is 4.15. The summed E-state index contributed by atoms with van der Waals surface area (Å²) in [6.45, 7) is 7.64. The Labute approximate surface area is 177 Å². The summed E-state index contributed by atoms with van der Waals surface area (Å²) in [4.78, 5) is 1.90. The van der Waals surface area contributed by atoms with Gasteiger partial charge in [-0.3, -0.25) is 5.41 Å². The van der Waals surface area contributed by atoms with E-state index in [-0.39, 0.29) is 12.0 Å². The van der Waals surface area contributed by atoms with Crippen molar-refractivity contribution in [3.63, 3.8) is 0 Å². The number of piperidine rings is 1. The van der Waals surface area contributed by atoms with E-state index in [1.807, 2.05) is 46.8 Å². The Hall–Kier alpha value is -3.35. The van der Waals surface area contributed by atoms with Crippen molar-refractivity contribution in [2.75, 3.05) is 13.1 Å². The maximum Gasteiger partial charge on any atom is 0.188 e. The fraction of sp³-hybridized carbons (Fsp3) is 0.348. The second kappa shape index (κ2) is 8.18. The lowest BCUT2D eigenvalue weighted by Gasteiger charge is -2.32. The zero-order valence-corrected chi connectivity index (χ0v) is 17.7. The highest BCUT2D eigenvalue weighted by Gasteiger charge is 2.25. The van der Waals surface area contributed by atoms with Crippen LogP contribution in [0.15, 0.2) is 42.5 Å². The average molecular weight is 405 g/mol. The molecule has 4 rings (SSSR count). The minimum Gasteiger partial charge on any atom is -0.457 e. The van der Waals surface area contributed by atoms with Crippen LogP contribution in [-0.4, -0.2) is 38.9 Å². The number of aromatic nitrogens is 3. The number of rotatable bonds is 4. The van der Waals surface area contributed by atoms with Crippen LogP contribution in [0.1, 0.15) is 35.7 Å². The van der Waals surface area contributed by atoms with E-state index in [9.17, 15) is 0 Å². The molecule has 30 heavy (non-hydrogen) atoms. The third-order valence-corrected chi connectivity index (χ3v) is 5.55. The van der Waals surface area contributed by atoms with Gasteiger partial charge in [0.05, 0.1) is 17.4 Å². The molecule has 0 bridgehead atoms. The Bertz CT molecular complexity index is 1050. The number of nitrogens with two attached hydrogens (primary N) is 1. The average Bonchev–Trinajstić information content (AvgIpc) is 3.09. The first-order valence-corrected chi connectivity index (χ1v) is 10.3. The predicted molar refractivity (Wildman–Crippen MR) is 118 cm³/mol. The van der Waals surface area contributed by atoms with Gasteiger partial charge in [0.25, 0.3) is 0 Å². The molecule has 0 amide bonds. The van der Waals surface area contributed by atoms with Gasteiger partial charge in [0.1, 0.15) is 11.5 Å². The molecule has 1 fully saturated rings. The van der Waals surface area contributed by atoms with Crippen LogP contribution in [0.5, 0.6) is 11.5 Å². The topological polar surface area (TPSA) is 93.0 Å². The Morgan fingerprint density at radius 2 is 1.73 bits per heavy atom. The number of aryl methyl sites for hydroxylation is 3. The fourth-order valence-corrected chi connectivity index (χ4v) is 4.16. The zero-order valence-electron chi connectivity index (χ0n) is 17.7. The molecule has 0 radical (unpaired) electrons. The lowest BCUT2D eigenvalue weighted by molar-refractivity contribution is 0.250. The molecule has 1 aromatic heterocycles. The number of nitrogens with one attached hydrogen (secondary N) is 1. The molecule has 0 aliphatic carbocycles. The molecule has 156 valence electrons. The molecule has 0 saturated carbocycles. The van der Waals surface area contributed by atoms with Gasteiger partial charge in [-0.2, -0.15) is 0 Å². The molecule has 1 aliphatic rings. The molecule has 3 N–H and O–H groups in total. The Balaban J connectivity index is 1.60. The highest BCUT2D eigenvalue weighted by Crippen LogP contribution is 2.33. The molecule has 0 unspecified atom stereocenters. The van der Waals surface area contributed by atoms with Crippen LogP contribution in [-0.2, 0) is 0 Å². The summed E-state index contributed by atoms with van der Waals surface area (Å²) < 4.78 is 8.18. The van der Waals surface area contributed by atoms with E-state index >= 15 is 0 Å². The smallest absolute Gasteiger partial charge is 0.188 e. The van der Waals surface area contributed by atoms with Crippen LogP contribution in [0.25, 0.3) is 11.3 Å². The van der Waals surface area contributed by atoms with Crippen LogP contribution >= 0.6 is 0 Å². The Morgan fingerprint density at radius 3 is 2.40 bits per heavy atom. The molecule has 1 saturated heterocycles. The van der Waals surface area contributed by atoms with E-state index in [0.717, 1.165) is 54.4 Å². The van der Waals surface area contributed by atoms with Gasteiger partial charge in [0, 0.05) is 18.7 Å². The number of likely N-dealkylation sites (tertiary alicyclic amines) is 1. The van der Waals surface area contributed by atoms with Gasteiger partial charge >= 0.3 is 0 Å². The Kier molecular flexibility index (Phi) is 5.44. The van der Waals surface area contributed by atoms with Crippen LogP contribution < -0.4 is 10.5 Å². The SMILES string of the molecule is Cc1cc(C)cc(Oc2cccc(-c3c(C)nnn3C3CCN(C(=N)N)CC3)c2)c1. The first-order chi connectivity index (χ1) is 14.4. The minimum atomic E-state index is 0.139. The highest BCUT2D eigenvalue weighted by atomic mass is 16.5. The number of nitrogens with zero attached hydrogens (tertiary/aromatic N) is 4. The van der Waals surface area contributed by atoms with Gasteiger partial charge in [-0.15, -0.1) is 5.10 Å². The number of benzene rings is 2. The van der Waals surface area contributed by atoms with Crippen molar-refractivity contribution in [1.29, 1.82) is 5.41 Å². The zero-order chi connectivity index (χ0) is 21.3. The standard InChI is InChI=1S/C23H28N6O/c1-15-11-16(2)13-21(12-15)30-20-6-4-5-18(14-20)22-17(3)26-27-29(22)19-7-9-28(10-8-19)23(24)25/h4-6,11-14,19H,7-10H2,1-3H3,(H3,24,25). The molecule has 1 aliphatic heterocycles. The maximum absolute atomic E-state index is 7.64. The lowest BCUT2D eigenvalue weighted by Crippen LogP contribution is -2.42. The second-order valence-corrected chi connectivity index (χ2v) is 8.02. The van der Waals surface area contributed by atoms with Crippen LogP contribution in [0.3, 0.4) is 0 Å². The van der Waals surface area contributed by atoms with Crippen molar-refractivity contribution in [1.82, 2.24) is 19.9 Å². The summed E-state index contributed by atoms with van der Waals surface area (Å²) in [5.74, 6) is 1.76. The quantitative estimate of drug-likeness (QED) is 0.502. The lowest BCUT2D eigenvalue weighted by atomic mass is 10.0. The maximum atomic E-state index is 7.64. The molecule has 3 aromatic rings. The molecule has 0 atom stereocenters. The molecular weight excluding hydrogens is 376 g/mol. The minimum absolute atomic E-state index is 0.139. The van der Waals surface area contributed by atoms with Crippen molar-refractivity contribution in [3.05, 3.63) is 59.3 Å². The Morgan fingerprint density at radius 1 is 1.03 bits per heavy atom. The van der Waals surface area contributed by atoms with Crippen LogP contribution in [0.2, 0.25) is 0 Å². The molecule has 2 aromatic carbocycles. The van der Waals surface area contributed by atoms with Crippen molar-refractivity contribution in [3.8, 4) is 22.8 Å². The third-order valence-electron chi connectivity index (χ3n) is 5.55. The number of ether oxygens (including phenoxy) is 1. The van der Waals surface area contributed by atoms with Crippen molar-refractivity contribution >= 4 is 5.96 Å². The van der Waals surface area contributed by atoms with E-state index in [2.05, 4.69) is 36.3 Å². The molecular formula is C23H28N6O. The monoisotopic (exact) mass is 404 g/mol. The summed E-state index contributed by atoms with van der Waals surface area (Å²) in [5.41, 5.74) is 10.9. The number of guanidine groups is 1. The van der Waals surface area contributed by atoms with Crippen molar-refractivity contribution < 1.29 is 4.74 Å². The van der Waals surface area contributed by atoms with Gasteiger partial charge in [-0.25, -0.2) is 4.68 Å². The van der Waals surface area contributed by atoms with Gasteiger partial charge in [-0.1, -0.05) is 23.4 Å². The van der Waals surface area contributed by atoms with Crippen molar-refractivity contribution in [2.24, 2.45) is 5.73 Å². The summed E-state index contributed by atoms with van der Waals surface area (Å²) in [6.07, 6.45) is 1.77. The predicted octanol–water partition coefficient (Wildman–Crippen LogP) is 4.19. The fourth-order valence-electron chi connectivity index (χ4n) is 4.16. The van der Waals surface area contributed by atoms with Gasteiger partial charge < -0.3 is 15.4 Å². The largest absolute Gasteiger partial charge is 0.457 e. The molecule has 7 heteroatoms. The van der Waals surface area contributed by atoms with E-state index in [4.69, 9.17) is 15.9 Å². The van der Waals surface area contributed by atoms with Crippen molar-refractivity contribution in [2.45, 2.75) is 39.7 Å². The van der Waals surface area contributed by atoms with Crippen LogP contribution in [0, 0.1) is 26.2 Å². The van der Waals surface area contributed by atoms with Gasteiger partial charge in [-0.05, 0) is 69.0 Å². The first kappa shape index (κ1) is 19.9. The second-order valence-electron chi connectivity index (χ2n) is 8.02. The molecule has 2 heterocycles. The van der Waals surface area contributed by atoms with E-state index in [0.29, 0.717) is 0 Å². The van der Waals surface area contributed by atoms with E-state index in [1.54, 1.807) is 0 Å². The van der Waals surface area contributed by atoms with Crippen LogP contribution in [0.4, 0.5) is 0 Å². The van der Waals surface area contributed by atoms with E-state index < -0.39 is 0 Å². The number of hydrogen-bond acceptors (Lipinski definition) is 4. The molecule has 7 nitrogen and oxygen atoms in total. The van der Waals surface area contributed by atoms with E-state index in [1.165, 1.54) is 11.1 Å². The summed E-state index contributed by atoms with van der Waals surface area (Å²) in [6, 6.07) is 14.5. The molecule has 0 spiro atoms. The van der Waals surface area contributed by atoms with Gasteiger partial charge in [0.15, 0.2) is 5.96 Å². The summed E-state index contributed by atoms with van der Waals surface area (Å²) in [7, 11) is 0. The summed E-state index contributed by atoms with van der Waals surface area (Å²) >= 11 is 0. The van der Waals surface area contributed by atoms with Gasteiger partial charge in [0.2, 0.25) is 0 Å². The first-order valence-electron chi connectivity index (χ1n) is 10.3. The highest BCUT2D eigenvalue weighted by molar-refractivity contribution is 5.74.